The maximum Gasteiger partial charge on any atom is 0.436 e. The van der Waals surface area contributed by atoms with E-state index in [9.17, 15) is 22.8 Å². The highest BCUT2D eigenvalue weighted by Crippen LogP contribution is 2.37. The molecule has 0 spiro atoms. The van der Waals surface area contributed by atoms with E-state index in [1.54, 1.807) is 0 Å². The summed E-state index contributed by atoms with van der Waals surface area (Å²) in [6.45, 7) is 1.24. The summed E-state index contributed by atoms with van der Waals surface area (Å²) in [6.07, 6.45) is -3.30. The molecule has 6 nitrogen and oxygen atoms in total. The van der Waals surface area contributed by atoms with E-state index in [4.69, 9.17) is 9.47 Å². The van der Waals surface area contributed by atoms with Crippen molar-refractivity contribution in [2.75, 3.05) is 26.8 Å². The van der Waals surface area contributed by atoms with Crippen LogP contribution >= 0.6 is 0 Å². The number of amides is 1. The van der Waals surface area contributed by atoms with E-state index in [0.717, 1.165) is 11.3 Å². The molecule has 2 rings (SSSR count). The Hall–Kier alpha value is -2.29. The van der Waals surface area contributed by atoms with E-state index >= 15 is 0 Å². The molecule has 0 saturated carbocycles. The predicted molar refractivity (Wildman–Crippen MR) is 91.3 cm³/mol. The average molecular weight is 388 g/mol. The van der Waals surface area contributed by atoms with Crippen LogP contribution in [0.2, 0.25) is 0 Å². The normalized spacial score (nSPS) is 17.7. The number of halogens is 3. The highest BCUT2D eigenvalue weighted by atomic mass is 19.4. The van der Waals surface area contributed by atoms with Crippen LogP contribution in [0, 0.1) is 0 Å². The Balaban J connectivity index is 2.42. The second-order valence-corrected chi connectivity index (χ2v) is 6.16. The zero-order valence-corrected chi connectivity index (χ0v) is 15.3. The molecule has 1 saturated heterocycles. The average Bonchev–Trinajstić information content (AvgIpc) is 2.65. The molecule has 1 atom stereocenters. The molecule has 1 aromatic rings. The summed E-state index contributed by atoms with van der Waals surface area (Å²) in [5, 5.41) is 1.93. The van der Waals surface area contributed by atoms with Gasteiger partial charge in [0.25, 0.3) is 11.6 Å². The van der Waals surface area contributed by atoms with E-state index in [1.165, 1.54) is 38.3 Å². The summed E-state index contributed by atoms with van der Waals surface area (Å²) in [7, 11) is 1.43. The SMILES string of the molecule is CCOC(=O)C(NC(=O)c1ccc(OC)cc1)(N1CCCCC1)C(F)(F)F. The highest BCUT2D eigenvalue weighted by Gasteiger charge is 2.66. The first-order chi connectivity index (χ1) is 12.8. The lowest BCUT2D eigenvalue weighted by molar-refractivity contribution is -0.248. The highest BCUT2D eigenvalue weighted by molar-refractivity contribution is 5.98. The van der Waals surface area contributed by atoms with Gasteiger partial charge in [0.15, 0.2) is 0 Å². The molecule has 1 aliphatic rings. The van der Waals surface area contributed by atoms with Gasteiger partial charge in [0, 0.05) is 18.7 Å². The van der Waals surface area contributed by atoms with Crippen LogP contribution in [0.3, 0.4) is 0 Å². The van der Waals surface area contributed by atoms with Crippen molar-refractivity contribution in [3.63, 3.8) is 0 Å². The fourth-order valence-electron chi connectivity index (χ4n) is 3.07. The van der Waals surface area contributed by atoms with Crippen molar-refractivity contribution < 1.29 is 32.2 Å². The van der Waals surface area contributed by atoms with Crippen LogP contribution in [0.1, 0.15) is 36.5 Å². The van der Waals surface area contributed by atoms with Gasteiger partial charge in [0.1, 0.15) is 5.75 Å². The van der Waals surface area contributed by atoms with Gasteiger partial charge in [0.2, 0.25) is 0 Å². The van der Waals surface area contributed by atoms with Crippen molar-refractivity contribution in [3.05, 3.63) is 29.8 Å². The third-order valence-electron chi connectivity index (χ3n) is 4.46. The molecule has 1 fully saturated rings. The molecule has 1 unspecified atom stereocenters. The zero-order chi connectivity index (χ0) is 20.1. The van der Waals surface area contributed by atoms with Gasteiger partial charge in [-0.05, 0) is 44.0 Å². The van der Waals surface area contributed by atoms with Crippen LogP contribution in [-0.2, 0) is 9.53 Å². The largest absolute Gasteiger partial charge is 0.497 e. The number of hydrogen-bond donors (Lipinski definition) is 1. The molecule has 1 N–H and O–H groups in total. The Bertz CT molecular complexity index is 658. The van der Waals surface area contributed by atoms with Crippen molar-refractivity contribution in [2.24, 2.45) is 0 Å². The van der Waals surface area contributed by atoms with Gasteiger partial charge in [0.05, 0.1) is 13.7 Å². The molecule has 150 valence electrons. The summed E-state index contributed by atoms with van der Waals surface area (Å²) in [6, 6.07) is 5.57. The third kappa shape index (κ3) is 4.35. The lowest BCUT2D eigenvalue weighted by atomic mass is 10.0. The van der Waals surface area contributed by atoms with Gasteiger partial charge >= 0.3 is 12.1 Å². The number of carbonyl (C=O) groups excluding carboxylic acids is 2. The minimum atomic E-state index is -5.06. The lowest BCUT2D eigenvalue weighted by Gasteiger charge is -2.44. The van der Waals surface area contributed by atoms with Gasteiger partial charge in [-0.2, -0.15) is 13.2 Å². The van der Waals surface area contributed by atoms with Gasteiger partial charge in [-0.3, -0.25) is 9.69 Å². The number of likely N-dealkylation sites (tertiary alicyclic amines) is 1. The van der Waals surface area contributed by atoms with Crippen LogP contribution in [0.25, 0.3) is 0 Å². The molecular formula is C18H23F3N2O4. The second-order valence-electron chi connectivity index (χ2n) is 6.16. The van der Waals surface area contributed by atoms with E-state index < -0.39 is 23.7 Å². The molecule has 1 aliphatic heterocycles. The fourth-order valence-corrected chi connectivity index (χ4v) is 3.07. The van der Waals surface area contributed by atoms with Crippen molar-refractivity contribution in [1.82, 2.24) is 10.2 Å². The van der Waals surface area contributed by atoms with Crippen LogP contribution < -0.4 is 10.1 Å². The number of benzene rings is 1. The van der Waals surface area contributed by atoms with E-state index in [0.29, 0.717) is 18.6 Å². The first kappa shape index (κ1) is 21.0. The molecule has 0 aromatic heterocycles. The number of piperidine rings is 1. The van der Waals surface area contributed by atoms with Crippen molar-refractivity contribution >= 4 is 11.9 Å². The number of nitrogens with one attached hydrogen (secondary N) is 1. The molecule has 0 radical (unpaired) electrons. The molecule has 1 amide bonds. The van der Waals surface area contributed by atoms with E-state index in [2.05, 4.69) is 0 Å². The monoisotopic (exact) mass is 388 g/mol. The number of carbonyl (C=O) groups is 2. The summed E-state index contributed by atoms with van der Waals surface area (Å²) >= 11 is 0. The summed E-state index contributed by atoms with van der Waals surface area (Å²) in [5.41, 5.74) is -3.24. The lowest BCUT2D eigenvalue weighted by Crippen LogP contribution is -2.74. The number of nitrogens with zero attached hydrogens (tertiary/aromatic N) is 1. The molecule has 1 aromatic carbocycles. The van der Waals surface area contributed by atoms with Gasteiger partial charge in [-0.15, -0.1) is 0 Å². The maximum atomic E-state index is 14.2. The fraction of sp³-hybridized carbons (Fsp3) is 0.556. The maximum absolute atomic E-state index is 14.2. The second kappa shape index (κ2) is 8.60. The van der Waals surface area contributed by atoms with E-state index in [1.807, 2.05) is 5.32 Å². The summed E-state index contributed by atoms with van der Waals surface area (Å²) in [4.78, 5) is 26.0. The molecule has 9 heteroatoms. The minimum Gasteiger partial charge on any atom is -0.497 e. The smallest absolute Gasteiger partial charge is 0.436 e. The van der Waals surface area contributed by atoms with Gasteiger partial charge < -0.3 is 14.8 Å². The van der Waals surface area contributed by atoms with Gasteiger partial charge in [-0.1, -0.05) is 6.42 Å². The summed E-state index contributed by atoms with van der Waals surface area (Å²) in [5.74, 6) is -2.09. The van der Waals surface area contributed by atoms with Crippen molar-refractivity contribution in [1.29, 1.82) is 0 Å². The standard InChI is InChI=1S/C18H23F3N2O4/c1-3-27-16(25)17(18(19,20)21,23-11-5-4-6-12-23)22-15(24)13-7-9-14(26-2)10-8-13/h7-10H,3-6,11-12H2,1-2H3,(H,22,24). The van der Waals surface area contributed by atoms with Crippen molar-refractivity contribution in [3.8, 4) is 5.75 Å². The third-order valence-corrected chi connectivity index (χ3v) is 4.46. The van der Waals surface area contributed by atoms with Crippen LogP contribution in [0.15, 0.2) is 24.3 Å². The predicted octanol–water partition coefficient (Wildman–Crippen LogP) is 2.73. The minimum absolute atomic E-state index is 0.0225. The topological polar surface area (TPSA) is 67.9 Å². The molecule has 0 bridgehead atoms. The van der Waals surface area contributed by atoms with Crippen LogP contribution in [-0.4, -0.2) is 55.4 Å². The number of ether oxygens (including phenoxy) is 2. The Labute approximate surface area is 155 Å². The molecule has 1 heterocycles. The Morgan fingerprint density at radius 3 is 2.19 bits per heavy atom. The Morgan fingerprint density at radius 2 is 1.70 bits per heavy atom. The molecule has 0 aliphatic carbocycles. The number of esters is 1. The quantitative estimate of drug-likeness (QED) is 0.759. The van der Waals surface area contributed by atoms with Crippen LogP contribution in [0.5, 0.6) is 5.75 Å². The summed E-state index contributed by atoms with van der Waals surface area (Å²) < 4.78 is 52.2. The van der Waals surface area contributed by atoms with Gasteiger partial charge in [-0.25, -0.2) is 4.79 Å². The van der Waals surface area contributed by atoms with Crippen molar-refractivity contribution in [2.45, 2.75) is 38.0 Å². The van der Waals surface area contributed by atoms with Crippen LogP contribution in [0.4, 0.5) is 13.2 Å². The first-order valence-electron chi connectivity index (χ1n) is 8.71. The van der Waals surface area contributed by atoms with E-state index in [-0.39, 0.29) is 25.3 Å². The first-order valence-corrected chi connectivity index (χ1v) is 8.71. The number of alkyl halides is 3. The molecular weight excluding hydrogens is 365 g/mol. The number of rotatable bonds is 6. The zero-order valence-electron chi connectivity index (χ0n) is 15.3. The number of methoxy groups -OCH3 is 1. The Kier molecular flexibility index (Phi) is 6.69. The Morgan fingerprint density at radius 1 is 1.11 bits per heavy atom. The number of hydrogen-bond acceptors (Lipinski definition) is 5. The molecule has 27 heavy (non-hydrogen) atoms.